The van der Waals surface area contributed by atoms with E-state index in [1.54, 1.807) is 19.9 Å². The van der Waals surface area contributed by atoms with Crippen LogP contribution in [0.15, 0.2) is 46.5 Å². The van der Waals surface area contributed by atoms with Crippen LogP contribution < -0.4 is 5.48 Å². The van der Waals surface area contributed by atoms with Crippen molar-refractivity contribution < 1.29 is 34.8 Å². The van der Waals surface area contributed by atoms with Crippen molar-refractivity contribution in [2.24, 2.45) is 0 Å². The molecule has 2 heterocycles. The largest absolute Gasteiger partial charge is 0.435 e. The van der Waals surface area contributed by atoms with E-state index in [0.29, 0.717) is 4.68 Å². The molecular weight excluding hydrogens is 459 g/mol. The molecule has 1 aromatic carbocycles. The minimum atomic E-state index is -5.09. The van der Waals surface area contributed by atoms with Crippen molar-refractivity contribution in [3.63, 3.8) is 0 Å². The zero-order valence-corrected chi connectivity index (χ0v) is 18.4. The molecule has 8 nitrogen and oxygen atoms in total. The van der Waals surface area contributed by atoms with Gasteiger partial charge in [0.15, 0.2) is 35.4 Å². The third kappa shape index (κ3) is 4.62. The van der Waals surface area contributed by atoms with Gasteiger partial charge in [0.05, 0.1) is 17.2 Å². The highest BCUT2D eigenvalue weighted by Crippen LogP contribution is 2.38. The smallest absolute Gasteiger partial charge is 0.265 e. The number of hydrogen-bond acceptors (Lipinski definition) is 7. The molecule has 0 spiro atoms. The van der Waals surface area contributed by atoms with Crippen molar-refractivity contribution >= 4 is 19.7 Å². The average molecular weight is 480 g/mol. The Balaban J connectivity index is 2.29. The molecular formula is C18H20F3N3O5S2. The molecule has 1 aliphatic rings. The lowest BCUT2D eigenvalue weighted by Crippen LogP contribution is -2.23. The third-order valence-corrected chi connectivity index (χ3v) is 7.75. The second kappa shape index (κ2) is 7.64. The first-order chi connectivity index (χ1) is 14.2. The first-order valence-corrected chi connectivity index (χ1v) is 12.4. The van der Waals surface area contributed by atoms with E-state index >= 15 is 0 Å². The second-order valence-corrected chi connectivity index (χ2v) is 11.5. The number of para-hydroxylation sites is 1. The third-order valence-electron chi connectivity index (χ3n) is 4.44. The summed E-state index contributed by atoms with van der Waals surface area (Å²) in [4.78, 5) is 5.08. The van der Waals surface area contributed by atoms with Crippen LogP contribution >= 0.6 is 0 Å². The number of aromatic nitrogens is 2. The van der Waals surface area contributed by atoms with Crippen LogP contribution in [-0.2, 0) is 36.4 Å². The molecule has 170 valence electrons. The Morgan fingerprint density at radius 1 is 1.10 bits per heavy atom. The minimum Gasteiger partial charge on any atom is -0.265 e. The summed E-state index contributed by atoms with van der Waals surface area (Å²) >= 11 is 0. The normalized spacial score (nSPS) is 16.8. The molecule has 3 rings (SSSR count). The lowest BCUT2D eigenvalue weighted by molar-refractivity contribution is -0.141. The van der Waals surface area contributed by atoms with Crippen molar-refractivity contribution in [2.45, 2.75) is 43.3 Å². The van der Waals surface area contributed by atoms with Gasteiger partial charge in [-0.3, -0.25) is 10.3 Å². The van der Waals surface area contributed by atoms with Crippen molar-refractivity contribution in [2.75, 3.05) is 5.75 Å². The summed E-state index contributed by atoms with van der Waals surface area (Å²) in [6.07, 6.45) is -3.89. The average Bonchev–Trinajstić information content (AvgIpc) is 3.23. The Morgan fingerprint density at radius 3 is 2.19 bits per heavy atom. The van der Waals surface area contributed by atoms with Crippen LogP contribution in [0.1, 0.15) is 32.0 Å². The van der Waals surface area contributed by atoms with Gasteiger partial charge in [-0.2, -0.15) is 18.3 Å². The SMILES string of the molecule is CCS(=O)(=O)c1c(CS(=O)(=O)C2=CC(C)(C)ON2)c(C(F)(F)F)nn1-c1ccccc1. The van der Waals surface area contributed by atoms with E-state index in [1.165, 1.54) is 37.3 Å². The molecule has 2 aromatic rings. The number of sulfone groups is 2. The predicted molar refractivity (Wildman–Crippen MR) is 105 cm³/mol. The van der Waals surface area contributed by atoms with Crippen LogP contribution in [0.5, 0.6) is 0 Å². The maximum atomic E-state index is 13.8. The molecule has 1 aliphatic heterocycles. The molecule has 0 aliphatic carbocycles. The van der Waals surface area contributed by atoms with E-state index in [9.17, 15) is 30.0 Å². The summed E-state index contributed by atoms with van der Waals surface area (Å²) < 4.78 is 93.4. The predicted octanol–water partition coefficient (Wildman–Crippen LogP) is 2.75. The van der Waals surface area contributed by atoms with Crippen molar-refractivity contribution in [1.82, 2.24) is 15.3 Å². The number of hydroxylamine groups is 1. The lowest BCUT2D eigenvalue weighted by Gasteiger charge is -2.12. The molecule has 0 fully saturated rings. The topological polar surface area (TPSA) is 107 Å². The lowest BCUT2D eigenvalue weighted by atomic mass is 10.1. The highest BCUT2D eigenvalue weighted by molar-refractivity contribution is 7.94. The highest BCUT2D eigenvalue weighted by Gasteiger charge is 2.44. The van der Waals surface area contributed by atoms with Gasteiger partial charge in [0.1, 0.15) is 5.60 Å². The first kappa shape index (κ1) is 23.3. The van der Waals surface area contributed by atoms with E-state index in [1.807, 2.05) is 0 Å². The number of rotatable bonds is 6. The van der Waals surface area contributed by atoms with E-state index < -0.39 is 64.3 Å². The van der Waals surface area contributed by atoms with Crippen LogP contribution in [0.25, 0.3) is 5.69 Å². The molecule has 0 saturated heterocycles. The Morgan fingerprint density at radius 2 is 1.71 bits per heavy atom. The molecule has 0 bridgehead atoms. The molecule has 0 saturated carbocycles. The molecule has 31 heavy (non-hydrogen) atoms. The summed E-state index contributed by atoms with van der Waals surface area (Å²) in [5, 5.41) is 2.23. The Kier molecular flexibility index (Phi) is 5.74. The van der Waals surface area contributed by atoms with Crippen molar-refractivity contribution in [3.8, 4) is 5.69 Å². The van der Waals surface area contributed by atoms with Crippen LogP contribution in [0.3, 0.4) is 0 Å². The summed E-state index contributed by atoms with van der Waals surface area (Å²) in [5.41, 5.74) is -1.29. The van der Waals surface area contributed by atoms with Gasteiger partial charge < -0.3 is 0 Å². The number of nitrogens with zero attached hydrogens (tertiary/aromatic N) is 2. The Hall–Kier alpha value is -2.38. The number of hydrogen-bond donors (Lipinski definition) is 1. The number of benzene rings is 1. The van der Waals surface area contributed by atoms with Gasteiger partial charge >= 0.3 is 6.18 Å². The summed E-state index contributed by atoms with van der Waals surface area (Å²) in [6.45, 7) is 4.34. The highest BCUT2D eigenvalue weighted by atomic mass is 32.2. The molecule has 13 heteroatoms. The van der Waals surface area contributed by atoms with Crippen LogP contribution in [0.4, 0.5) is 13.2 Å². The van der Waals surface area contributed by atoms with Crippen LogP contribution in [0.2, 0.25) is 0 Å². The molecule has 0 radical (unpaired) electrons. The minimum absolute atomic E-state index is 0.0475. The van der Waals surface area contributed by atoms with E-state index in [2.05, 4.69) is 10.6 Å². The standard InChI is InChI=1S/C18H20F3N3O5S2/c1-4-30(25,26)16-13(11-31(27,28)14-10-17(2,3)29-23-14)15(18(19,20)21)22-24(16)12-8-6-5-7-9-12/h5-10,23H,4,11H2,1-3H3. The van der Waals surface area contributed by atoms with Crippen LogP contribution in [-0.4, -0.2) is 38.0 Å². The summed E-state index contributed by atoms with van der Waals surface area (Å²) in [5.74, 6) is -1.78. The molecule has 1 aromatic heterocycles. The fraction of sp³-hybridized carbons (Fsp3) is 0.389. The maximum absolute atomic E-state index is 13.8. The van der Waals surface area contributed by atoms with Gasteiger partial charge in [-0.25, -0.2) is 21.5 Å². The van der Waals surface area contributed by atoms with Gasteiger partial charge in [0.25, 0.3) is 0 Å². The Labute approximate surface area is 177 Å². The van der Waals surface area contributed by atoms with Crippen molar-refractivity contribution in [1.29, 1.82) is 0 Å². The summed E-state index contributed by atoms with van der Waals surface area (Å²) in [7, 11) is -8.72. The van der Waals surface area contributed by atoms with E-state index in [4.69, 9.17) is 4.84 Å². The quantitative estimate of drug-likeness (QED) is 0.679. The van der Waals surface area contributed by atoms with Gasteiger partial charge in [-0.1, -0.05) is 25.1 Å². The van der Waals surface area contributed by atoms with Gasteiger partial charge in [-0.05, 0) is 32.1 Å². The van der Waals surface area contributed by atoms with Gasteiger partial charge in [0, 0.05) is 5.56 Å². The monoisotopic (exact) mass is 479 g/mol. The zero-order valence-electron chi connectivity index (χ0n) is 16.8. The fourth-order valence-corrected chi connectivity index (χ4v) is 5.73. The Bertz CT molecular complexity index is 1230. The molecule has 0 amide bonds. The van der Waals surface area contributed by atoms with Gasteiger partial charge in [-0.15, -0.1) is 0 Å². The fourth-order valence-electron chi connectivity index (χ4n) is 2.97. The molecule has 0 atom stereocenters. The number of halogens is 3. The van der Waals surface area contributed by atoms with Crippen molar-refractivity contribution in [3.05, 3.63) is 52.7 Å². The van der Waals surface area contributed by atoms with Gasteiger partial charge in [0.2, 0.25) is 0 Å². The number of nitrogens with one attached hydrogen (secondary N) is 1. The summed E-state index contributed by atoms with van der Waals surface area (Å²) in [6, 6.07) is 7.33. The molecule has 0 unspecified atom stereocenters. The zero-order chi connectivity index (χ0) is 23.2. The van der Waals surface area contributed by atoms with E-state index in [-0.39, 0.29) is 5.69 Å². The van der Waals surface area contributed by atoms with E-state index in [0.717, 1.165) is 0 Å². The molecule has 1 N–H and O–H groups in total. The number of alkyl halides is 3. The second-order valence-electron chi connectivity index (χ2n) is 7.36. The maximum Gasteiger partial charge on any atom is 0.435 e. The van der Waals surface area contributed by atoms with Crippen LogP contribution in [0, 0.1) is 0 Å². The first-order valence-electron chi connectivity index (χ1n) is 9.05.